The maximum Gasteiger partial charge on any atom is 0.242 e. The fourth-order valence-corrected chi connectivity index (χ4v) is 3.57. The number of sulfonamides is 1. The molecule has 0 bridgehead atoms. The first-order chi connectivity index (χ1) is 10.6. The number of rotatable bonds is 6. The second-order valence-electron chi connectivity index (χ2n) is 4.55. The van der Waals surface area contributed by atoms with E-state index in [9.17, 15) is 8.42 Å². The van der Waals surface area contributed by atoms with Gasteiger partial charge in [-0.05, 0) is 17.0 Å². The van der Waals surface area contributed by atoms with E-state index < -0.39 is 10.0 Å². The Bertz CT molecular complexity index is 827. The van der Waals surface area contributed by atoms with Crippen molar-refractivity contribution in [3.05, 3.63) is 59.3 Å². The zero-order chi connectivity index (χ0) is 15.4. The average Bonchev–Trinajstić information content (AvgIpc) is 3.17. The van der Waals surface area contributed by atoms with Gasteiger partial charge < -0.3 is 4.52 Å². The molecule has 2 aromatic heterocycles. The molecule has 3 aromatic rings. The Morgan fingerprint density at radius 3 is 2.68 bits per heavy atom. The lowest BCUT2D eigenvalue weighted by Gasteiger charge is -2.04. The van der Waals surface area contributed by atoms with Crippen LogP contribution in [-0.2, 0) is 22.3 Å². The van der Waals surface area contributed by atoms with Gasteiger partial charge in [0.15, 0.2) is 0 Å². The molecule has 0 aliphatic heterocycles. The summed E-state index contributed by atoms with van der Waals surface area (Å²) >= 11 is 1.49. The van der Waals surface area contributed by atoms with Crippen molar-refractivity contribution in [2.75, 3.05) is 0 Å². The molecule has 6 nitrogen and oxygen atoms in total. The Kier molecular flexibility index (Phi) is 4.32. The normalized spacial score (nSPS) is 11.6. The third-order valence-electron chi connectivity index (χ3n) is 2.85. The third-order valence-corrected chi connectivity index (χ3v) is 5.02. The SMILES string of the molecule is O=S(=O)(Cc1ccccc1)NCc1nc(-c2cccs2)no1. The average molecular weight is 335 g/mol. The van der Waals surface area contributed by atoms with Crippen molar-refractivity contribution in [1.82, 2.24) is 14.9 Å². The summed E-state index contributed by atoms with van der Waals surface area (Å²) in [5.41, 5.74) is 0.722. The molecule has 22 heavy (non-hydrogen) atoms. The van der Waals surface area contributed by atoms with Gasteiger partial charge in [0.2, 0.25) is 21.7 Å². The predicted molar refractivity (Wildman–Crippen MR) is 83.5 cm³/mol. The number of hydrogen-bond donors (Lipinski definition) is 1. The number of aromatic nitrogens is 2. The molecule has 0 amide bonds. The third kappa shape index (κ3) is 3.79. The van der Waals surface area contributed by atoms with Crippen LogP contribution in [0.15, 0.2) is 52.4 Å². The number of nitrogens with zero attached hydrogens (tertiary/aromatic N) is 2. The molecular formula is C14H13N3O3S2. The van der Waals surface area contributed by atoms with E-state index in [0.717, 1.165) is 10.4 Å². The highest BCUT2D eigenvalue weighted by molar-refractivity contribution is 7.88. The summed E-state index contributed by atoms with van der Waals surface area (Å²) in [6.07, 6.45) is 0. The quantitative estimate of drug-likeness (QED) is 0.748. The highest BCUT2D eigenvalue weighted by atomic mass is 32.2. The first-order valence-electron chi connectivity index (χ1n) is 6.50. The molecule has 114 valence electrons. The lowest BCUT2D eigenvalue weighted by molar-refractivity contribution is 0.376. The van der Waals surface area contributed by atoms with E-state index in [1.165, 1.54) is 11.3 Å². The van der Waals surface area contributed by atoms with E-state index in [0.29, 0.717) is 5.82 Å². The highest BCUT2D eigenvalue weighted by Gasteiger charge is 2.14. The Balaban J connectivity index is 1.62. The monoisotopic (exact) mass is 335 g/mol. The van der Waals surface area contributed by atoms with Crippen molar-refractivity contribution in [3.8, 4) is 10.7 Å². The molecule has 1 N–H and O–H groups in total. The molecule has 0 unspecified atom stereocenters. The van der Waals surface area contributed by atoms with Gasteiger partial charge in [-0.3, -0.25) is 0 Å². The Morgan fingerprint density at radius 2 is 1.95 bits per heavy atom. The van der Waals surface area contributed by atoms with Crippen LogP contribution in [0.5, 0.6) is 0 Å². The van der Waals surface area contributed by atoms with E-state index in [2.05, 4.69) is 14.9 Å². The van der Waals surface area contributed by atoms with Gasteiger partial charge in [0.1, 0.15) is 0 Å². The Morgan fingerprint density at radius 1 is 1.14 bits per heavy atom. The van der Waals surface area contributed by atoms with Gasteiger partial charge in [-0.1, -0.05) is 41.6 Å². The molecule has 0 saturated carbocycles. The fraction of sp³-hybridized carbons (Fsp3) is 0.143. The fourth-order valence-electron chi connectivity index (χ4n) is 1.85. The molecule has 0 aliphatic rings. The lowest BCUT2D eigenvalue weighted by Crippen LogP contribution is -2.24. The number of hydrogen-bond acceptors (Lipinski definition) is 6. The molecule has 2 heterocycles. The summed E-state index contributed by atoms with van der Waals surface area (Å²) in [5, 5.41) is 5.74. The van der Waals surface area contributed by atoms with Crippen LogP contribution in [0, 0.1) is 0 Å². The maximum atomic E-state index is 12.0. The summed E-state index contributed by atoms with van der Waals surface area (Å²) in [7, 11) is -3.45. The minimum Gasteiger partial charge on any atom is -0.337 e. The molecule has 0 atom stereocenters. The van der Waals surface area contributed by atoms with Crippen LogP contribution in [-0.4, -0.2) is 18.6 Å². The number of nitrogens with one attached hydrogen (secondary N) is 1. The summed E-state index contributed by atoms with van der Waals surface area (Å²) in [6, 6.07) is 12.7. The molecule has 8 heteroatoms. The second-order valence-corrected chi connectivity index (χ2v) is 7.31. The molecule has 0 saturated heterocycles. The van der Waals surface area contributed by atoms with Gasteiger partial charge in [-0.25, -0.2) is 13.1 Å². The van der Waals surface area contributed by atoms with E-state index in [1.807, 2.05) is 23.6 Å². The van der Waals surface area contributed by atoms with Gasteiger partial charge in [-0.2, -0.15) is 4.98 Å². The standard InChI is InChI=1S/C14H13N3O3S2/c18-22(19,10-11-5-2-1-3-6-11)15-9-13-16-14(17-20-13)12-7-4-8-21-12/h1-8,15H,9-10H2. The molecule has 3 rings (SSSR count). The lowest BCUT2D eigenvalue weighted by atomic mass is 10.2. The van der Waals surface area contributed by atoms with Crippen LogP contribution in [0.1, 0.15) is 11.5 Å². The van der Waals surface area contributed by atoms with E-state index >= 15 is 0 Å². The molecule has 0 spiro atoms. The van der Waals surface area contributed by atoms with Crippen LogP contribution in [0.4, 0.5) is 0 Å². The van der Waals surface area contributed by atoms with Crippen molar-refractivity contribution in [1.29, 1.82) is 0 Å². The van der Waals surface area contributed by atoms with Crippen LogP contribution in [0.3, 0.4) is 0 Å². The summed E-state index contributed by atoms with van der Waals surface area (Å²) < 4.78 is 31.5. The van der Waals surface area contributed by atoms with Crippen LogP contribution >= 0.6 is 11.3 Å². The molecule has 0 fully saturated rings. The first-order valence-corrected chi connectivity index (χ1v) is 9.03. The molecular weight excluding hydrogens is 322 g/mol. The highest BCUT2D eigenvalue weighted by Crippen LogP contribution is 2.21. The van der Waals surface area contributed by atoms with E-state index in [4.69, 9.17) is 4.52 Å². The van der Waals surface area contributed by atoms with Gasteiger partial charge >= 0.3 is 0 Å². The second kappa shape index (κ2) is 6.39. The van der Waals surface area contributed by atoms with Gasteiger partial charge in [0.05, 0.1) is 17.2 Å². The maximum absolute atomic E-state index is 12.0. The Labute approximate surface area is 131 Å². The Hall–Kier alpha value is -2.03. The summed E-state index contributed by atoms with van der Waals surface area (Å²) in [5.74, 6) is 0.618. The molecule has 1 aromatic carbocycles. The van der Waals surface area contributed by atoms with Gasteiger partial charge in [0, 0.05) is 0 Å². The number of thiophene rings is 1. The topological polar surface area (TPSA) is 85.1 Å². The largest absolute Gasteiger partial charge is 0.337 e. The summed E-state index contributed by atoms with van der Waals surface area (Å²) in [4.78, 5) is 5.05. The van der Waals surface area contributed by atoms with Crippen molar-refractivity contribution >= 4 is 21.4 Å². The van der Waals surface area contributed by atoms with Crippen LogP contribution < -0.4 is 4.72 Å². The predicted octanol–water partition coefficient (Wildman–Crippen LogP) is 2.42. The number of benzene rings is 1. The zero-order valence-corrected chi connectivity index (χ0v) is 13.1. The smallest absolute Gasteiger partial charge is 0.242 e. The van der Waals surface area contributed by atoms with Crippen LogP contribution in [0.25, 0.3) is 10.7 Å². The van der Waals surface area contributed by atoms with E-state index in [-0.39, 0.29) is 18.2 Å². The van der Waals surface area contributed by atoms with Crippen molar-refractivity contribution in [3.63, 3.8) is 0 Å². The minimum absolute atomic E-state index is 0.0203. The van der Waals surface area contributed by atoms with E-state index in [1.54, 1.807) is 24.3 Å². The van der Waals surface area contributed by atoms with Gasteiger partial charge in [0.25, 0.3) is 0 Å². The molecule has 0 radical (unpaired) electrons. The molecule has 0 aliphatic carbocycles. The van der Waals surface area contributed by atoms with Crippen molar-refractivity contribution in [2.45, 2.75) is 12.3 Å². The summed E-state index contributed by atoms with van der Waals surface area (Å²) in [6.45, 7) is -0.0203. The van der Waals surface area contributed by atoms with Crippen molar-refractivity contribution < 1.29 is 12.9 Å². The van der Waals surface area contributed by atoms with Crippen LogP contribution in [0.2, 0.25) is 0 Å². The minimum atomic E-state index is -3.45. The first kappa shape index (κ1) is 14.9. The van der Waals surface area contributed by atoms with Crippen molar-refractivity contribution in [2.24, 2.45) is 0 Å². The van der Waals surface area contributed by atoms with Gasteiger partial charge in [-0.15, -0.1) is 11.3 Å². The zero-order valence-electron chi connectivity index (χ0n) is 11.5.